The van der Waals surface area contributed by atoms with Crippen molar-refractivity contribution in [3.63, 3.8) is 0 Å². The summed E-state index contributed by atoms with van der Waals surface area (Å²) in [4.78, 5) is 43.1. The first-order valence-electron chi connectivity index (χ1n) is 5.59. The molecule has 0 aromatic heterocycles. The average Bonchev–Trinajstić information content (AvgIpc) is 2.33. The fraction of sp³-hybridized carbons (Fsp3) is 0.500. The van der Waals surface area contributed by atoms with Gasteiger partial charge in [-0.1, -0.05) is 0 Å². The molecular formula is C10H18N4O7. The number of ketones is 1. The Kier molecular flexibility index (Phi) is 11.0. The van der Waals surface area contributed by atoms with Crippen LogP contribution in [0.3, 0.4) is 0 Å². The van der Waals surface area contributed by atoms with Gasteiger partial charge in [0.1, 0.15) is 12.5 Å². The molecule has 0 aromatic rings. The van der Waals surface area contributed by atoms with Crippen LogP contribution >= 0.6 is 0 Å². The summed E-state index contributed by atoms with van der Waals surface area (Å²) in [6.07, 6.45) is 0.00676. The molecule has 0 saturated carbocycles. The molecule has 0 bridgehead atoms. The molecule has 11 nitrogen and oxygen atoms in total. The minimum atomic E-state index is -1.71. The van der Waals surface area contributed by atoms with Crippen LogP contribution in [0.15, 0.2) is 4.99 Å². The summed E-state index contributed by atoms with van der Waals surface area (Å²) in [6.45, 7) is 0.420. The van der Waals surface area contributed by atoms with Gasteiger partial charge in [0.2, 0.25) is 0 Å². The normalized spacial score (nSPS) is 10.5. The molecule has 0 unspecified atom stereocenters. The van der Waals surface area contributed by atoms with E-state index >= 15 is 0 Å². The molecule has 11 heteroatoms. The van der Waals surface area contributed by atoms with Gasteiger partial charge in [0.05, 0.1) is 0 Å². The SMILES string of the molecule is NC(N)=NCCC[C@@H](N)C(=O)O.O=C(O)CC(=O)C(=O)O. The monoisotopic (exact) mass is 306 g/mol. The second-order valence-electron chi connectivity index (χ2n) is 3.69. The first-order valence-corrected chi connectivity index (χ1v) is 5.59. The van der Waals surface area contributed by atoms with E-state index in [0.717, 1.165) is 0 Å². The largest absolute Gasteiger partial charge is 0.481 e. The Morgan fingerprint density at radius 1 is 1.05 bits per heavy atom. The number of carboxylic acids is 3. The van der Waals surface area contributed by atoms with Crippen molar-refractivity contribution in [1.29, 1.82) is 0 Å². The van der Waals surface area contributed by atoms with Crippen molar-refractivity contribution < 1.29 is 34.5 Å². The second-order valence-corrected chi connectivity index (χ2v) is 3.69. The van der Waals surface area contributed by atoms with Gasteiger partial charge < -0.3 is 32.5 Å². The van der Waals surface area contributed by atoms with E-state index in [2.05, 4.69) is 4.99 Å². The fourth-order valence-corrected chi connectivity index (χ4v) is 0.856. The van der Waals surface area contributed by atoms with E-state index in [1.165, 1.54) is 0 Å². The van der Waals surface area contributed by atoms with Crippen molar-refractivity contribution in [3.8, 4) is 0 Å². The number of nitrogens with two attached hydrogens (primary N) is 3. The number of hydrogen-bond acceptors (Lipinski definition) is 6. The summed E-state index contributed by atoms with van der Waals surface area (Å²) < 4.78 is 0. The molecule has 0 amide bonds. The quantitative estimate of drug-likeness (QED) is 0.0914. The summed E-state index contributed by atoms with van der Waals surface area (Å²) in [5.41, 5.74) is 15.3. The fourth-order valence-electron chi connectivity index (χ4n) is 0.856. The lowest BCUT2D eigenvalue weighted by Gasteiger charge is -2.03. The molecule has 0 heterocycles. The molecule has 0 aliphatic heterocycles. The second kappa shape index (κ2) is 11.2. The lowest BCUT2D eigenvalue weighted by Crippen LogP contribution is -2.30. The number of Topliss-reactive ketones (excluding diaryl/α,β-unsaturated/α-hetero) is 1. The Morgan fingerprint density at radius 3 is 1.86 bits per heavy atom. The summed E-state index contributed by atoms with van der Waals surface area (Å²) in [6, 6.07) is -0.820. The molecule has 0 aliphatic carbocycles. The average molecular weight is 306 g/mol. The molecule has 21 heavy (non-hydrogen) atoms. The standard InChI is InChI=1S/C6H14N4O2.C4H4O5/c7-4(5(11)12)2-1-3-10-6(8)9;5-2(4(8)9)1-3(6)7/h4H,1-3,7H2,(H,11,12)(H4,8,9,10);1H2,(H,6,7)(H,8,9)/t4-;/m1./s1. The first kappa shape index (κ1) is 20.6. The summed E-state index contributed by atoms with van der Waals surface area (Å²) in [5.74, 6) is -5.43. The Hall–Kier alpha value is -2.69. The highest BCUT2D eigenvalue weighted by molar-refractivity contribution is 6.35. The van der Waals surface area contributed by atoms with Gasteiger partial charge in [-0.15, -0.1) is 0 Å². The van der Waals surface area contributed by atoms with E-state index in [9.17, 15) is 19.2 Å². The topological polar surface area (TPSA) is 219 Å². The molecule has 1 atom stereocenters. The number of guanidine groups is 1. The van der Waals surface area contributed by atoms with Crippen LogP contribution in [0.5, 0.6) is 0 Å². The molecular weight excluding hydrogens is 288 g/mol. The van der Waals surface area contributed by atoms with Crippen molar-refractivity contribution in [2.45, 2.75) is 25.3 Å². The lowest BCUT2D eigenvalue weighted by molar-refractivity contribution is -0.152. The summed E-state index contributed by atoms with van der Waals surface area (Å²) >= 11 is 0. The van der Waals surface area contributed by atoms with Crippen LogP contribution in [0, 0.1) is 0 Å². The van der Waals surface area contributed by atoms with Crippen LogP contribution in [0.1, 0.15) is 19.3 Å². The van der Waals surface area contributed by atoms with Crippen LogP contribution < -0.4 is 17.2 Å². The van der Waals surface area contributed by atoms with Crippen molar-refractivity contribution >= 4 is 29.7 Å². The zero-order chi connectivity index (χ0) is 17.0. The molecule has 9 N–H and O–H groups in total. The van der Waals surface area contributed by atoms with E-state index in [1.807, 2.05) is 0 Å². The number of rotatable bonds is 8. The molecule has 0 aromatic carbocycles. The maximum Gasteiger partial charge on any atom is 0.372 e. The minimum absolute atomic E-state index is 0.0129. The third-order valence-electron chi connectivity index (χ3n) is 1.84. The van der Waals surface area contributed by atoms with Crippen LogP contribution in [-0.2, 0) is 19.2 Å². The number of nitrogens with zero attached hydrogens (tertiary/aromatic N) is 1. The third kappa shape index (κ3) is 15.3. The number of carbonyl (C=O) groups is 4. The molecule has 120 valence electrons. The maximum atomic E-state index is 10.2. The van der Waals surface area contributed by atoms with Gasteiger partial charge in [-0.3, -0.25) is 19.4 Å². The molecule has 0 spiro atoms. The minimum Gasteiger partial charge on any atom is -0.481 e. The van der Waals surface area contributed by atoms with Gasteiger partial charge >= 0.3 is 17.9 Å². The number of carbonyl (C=O) groups excluding carboxylic acids is 1. The predicted octanol–water partition coefficient (Wildman–Crippen LogP) is -2.43. The van der Waals surface area contributed by atoms with Crippen LogP contribution in [0.25, 0.3) is 0 Å². The van der Waals surface area contributed by atoms with E-state index < -0.39 is 36.2 Å². The van der Waals surface area contributed by atoms with E-state index in [0.29, 0.717) is 19.4 Å². The number of aliphatic carboxylic acids is 3. The van der Waals surface area contributed by atoms with Gasteiger partial charge in [0, 0.05) is 6.54 Å². The Morgan fingerprint density at radius 2 is 1.57 bits per heavy atom. The highest BCUT2D eigenvalue weighted by Gasteiger charge is 2.14. The predicted molar refractivity (Wildman–Crippen MR) is 70.4 cm³/mol. The van der Waals surface area contributed by atoms with Crippen molar-refractivity contribution in [2.24, 2.45) is 22.2 Å². The molecule has 0 radical (unpaired) electrons. The Bertz CT molecular complexity index is 418. The summed E-state index contributed by atoms with van der Waals surface area (Å²) in [7, 11) is 0. The van der Waals surface area contributed by atoms with Crippen molar-refractivity contribution in [2.75, 3.05) is 6.54 Å². The van der Waals surface area contributed by atoms with Gasteiger partial charge in [-0.25, -0.2) is 4.79 Å². The van der Waals surface area contributed by atoms with Crippen LogP contribution in [-0.4, -0.2) is 57.6 Å². The van der Waals surface area contributed by atoms with Gasteiger partial charge in [0.25, 0.3) is 5.78 Å². The summed E-state index contributed by atoms with van der Waals surface area (Å²) in [5, 5.41) is 24.0. The van der Waals surface area contributed by atoms with Gasteiger partial charge in [-0.05, 0) is 12.8 Å². The van der Waals surface area contributed by atoms with Crippen molar-refractivity contribution in [1.82, 2.24) is 0 Å². The molecule has 0 fully saturated rings. The third-order valence-corrected chi connectivity index (χ3v) is 1.84. The first-order chi connectivity index (χ1) is 9.57. The zero-order valence-electron chi connectivity index (χ0n) is 11.1. The van der Waals surface area contributed by atoms with Crippen LogP contribution in [0.2, 0.25) is 0 Å². The zero-order valence-corrected chi connectivity index (χ0v) is 11.1. The highest BCUT2D eigenvalue weighted by atomic mass is 16.4. The molecule has 0 aliphatic rings. The molecule has 0 saturated heterocycles. The van der Waals surface area contributed by atoms with E-state index in [-0.39, 0.29) is 5.96 Å². The lowest BCUT2D eigenvalue weighted by atomic mass is 10.2. The van der Waals surface area contributed by atoms with E-state index in [1.54, 1.807) is 0 Å². The number of carboxylic acid groups (broad SMARTS) is 3. The number of hydrogen-bond donors (Lipinski definition) is 6. The maximum absolute atomic E-state index is 10.2. The van der Waals surface area contributed by atoms with Gasteiger partial charge in [-0.2, -0.15) is 0 Å². The van der Waals surface area contributed by atoms with E-state index in [4.69, 9.17) is 32.5 Å². The molecule has 0 rings (SSSR count). The van der Waals surface area contributed by atoms with Crippen molar-refractivity contribution in [3.05, 3.63) is 0 Å². The van der Waals surface area contributed by atoms with Gasteiger partial charge in [0.15, 0.2) is 5.96 Å². The Labute approximate surface area is 119 Å². The Balaban J connectivity index is 0. The highest BCUT2D eigenvalue weighted by Crippen LogP contribution is 1.94. The smallest absolute Gasteiger partial charge is 0.372 e. The number of aliphatic imine (C=N–C) groups is 1. The van der Waals surface area contributed by atoms with Crippen LogP contribution in [0.4, 0.5) is 0 Å².